The molecule has 0 atom stereocenters. The van der Waals surface area contributed by atoms with Crippen molar-refractivity contribution in [3.05, 3.63) is 157 Å². The highest BCUT2D eigenvalue weighted by molar-refractivity contribution is 7.99. The fourth-order valence-electron chi connectivity index (χ4n) is 5.29. The highest BCUT2D eigenvalue weighted by Crippen LogP contribution is 2.51. The fraction of sp³-hybridized carbons (Fsp3) is 0. The maximum atomic E-state index is 9.70. The molecule has 9 rings (SSSR count). The molecule has 0 aromatic heterocycles. The van der Waals surface area contributed by atoms with Crippen LogP contribution in [0.15, 0.2) is 167 Å². The molecule has 8 aromatic rings. The highest BCUT2D eigenvalue weighted by atomic mass is 32.2. The molecule has 0 radical (unpaired) electrons. The molecule has 200 valence electrons. The maximum absolute atomic E-state index is 9.70. The normalized spacial score (nSPS) is 20.2. The minimum atomic E-state index is -1.03. The van der Waals surface area contributed by atoms with E-state index in [2.05, 4.69) is 0 Å². The van der Waals surface area contributed by atoms with Crippen molar-refractivity contribution >= 4 is 44.1 Å². The summed E-state index contributed by atoms with van der Waals surface area (Å²) in [7, 11) is 0. The molecule has 1 aliphatic heterocycles. The van der Waals surface area contributed by atoms with Gasteiger partial charge in [-0.15, -0.1) is 0 Å². The number of fused-ring (bicyclic) bond motifs is 4. The summed E-state index contributed by atoms with van der Waals surface area (Å²) in [5, 5.41) is -3.26. The summed E-state index contributed by atoms with van der Waals surface area (Å²) in [5.74, 6) is 0. The van der Waals surface area contributed by atoms with Gasteiger partial charge < -0.3 is 0 Å². The van der Waals surface area contributed by atoms with Gasteiger partial charge in [-0.3, -0.25) is 0 Å². The molecular formula is C42H26S. The Morgan fingerprint density at radius 2 is 0.907 bits per heavy atom. The molecule has 0 nitrogen and oxygen atoms in total. The Hall–Kier alpha value is -5.11. The first kappa shape index (κ1) is 10.3. The van der Waals surface area contributed by atoms with Crippen LogP contribution in [0.25, 0.3) is 76.8 Å². The first-order valence-electron chi connectivity index (χ1n) is 25.2. The van der Waals surface area contributed by atoms with Crippen molar-refractivity contribution in [3.63, 3.8) is 0 Å². The average Bonchev–Trinajstić information content (AvgIpc) is 3.31. The molecule has 0 unspecified atom stereocenters. The minimum Gasteiger partial charge on any atom is -0.0888 e. The van der Waals surface area contributed by atoms with Gasteiger partial charge in [0.05, 0.1) is 34.3 Å². The van der Waals surface area contributed by atoms with Crippen molar-refractivity contribution in [2.75, 3.05) is 0 Å². The van der Waals surface area contributed by atoms with Crippen LogP contribution < -0.4 is 0 Å². The quantitative estimate of drug-likeness (QED) is 0.185. The molecule has 0 saturated carbocycles. The van der Waals surface area contributed by atoms with Gasteiger partial charge in [-0.25, -0.2) is 0 Å². The summed E-state index contributed by atoms with van der Waals surface area (Å²) in [5.41, 5.74) is -4.50. The number of hydrogen-bond donors (Lipinski definition) is 0. The van der Waals surface area contributed by atoms with Crippen molar-refractivity contribution in [2.45, 2.75) is 9.79 Å². The van der Waals surface area contributed by atoms with Crippen LogP contribution in [-0.4, -0.2) is 0 Å². The van der Waals surface area contributed by atoms with Gasteiger partial charge in [-0.05, 0) is 83.5 Å². The van der Waals surface area contributed by atoms with Gasteiger partial charge in [0, 0.05) is 15.2 Å². The Morgan fingerprint density at radius 3 is 1.63 bits per heavy atom. The molecule has 0 aliphatic carbocycles. The summed E-state index contributed by atoms with van der Waals surface area (Å²) in [4.78, 5) is 0.0312. The largest absolute Gasteiger partial charge is 0.0888 e. The standard InChI is InChI=1S/C42H26S/c1-2-11-27(12-3-1)28-21-23-29(24-22-28)40-31-14-4-6-16-33(31)41(34-17-7-5-15-32(34)40)37-26-25-36-30-13-8-9-19-38(30)43-39-20-10-18-35(37)42(36)39/h1-26H/i1D,2D,3D,4D,5D,6D,7D,8D,9D,10D,11D,12D,13D,14D,15D,16D,17D,18D,20D,21D,22D,23D,24D,25D,26D. The van der Waals surface area contributed by atoms with Crippen LogP contribution in [0.5, 0.6) is 0 Å². The second-order valence-corrected chi connectivity index (χ2v) is 10.4. The Balaban J connectivity index is 1.59. The molecule has 43 heavy (non-hydrogen) atoms. The third-order valence-electron chi connectivity index (χ3n) is 7.07. The molecule has 0 spiro atoms. The third kappa shape index (κ3) is 3.79. The molecule has 1 heterocycles. The van der Waals surface area contributed by atoms with Gasteiger partial charge in [-0.2, -0.15) is 0 Å². The van der Waals surface area contributed by atoms with Crippen LogP contribution >= 0.6 is 11.8 Å². The van der Waals surface area contributed by atoms with E-state index in [4.69, 9.17) is 19.2 Å². The first-order chi connectivity index (χ1) is 31.7. The van der Waals surface area contributed by atoms with Crippen molar-refractivity contribution in [1.29, 1.82) is 0 Å². The highest BCUT2D eigenvalue weighted by Gasteiger charge is 2.23. The SMILES string of the molecule is [2H]c1cc2c(c([2H])c1[2H])-c1c([2H])c([2H])c(-c3c4c([2H])c([2H])c([2H])c([2H])c4c(-c4c([2H])c([2H])c(-c5c([2H])c([2H])c([2H])c([2H])c5[2H])c([2H])c4[2H])c4c([2H])c([2H])c([2H])c([2H])c34)c3c([2H])c([2H])c([2H])c(c13)S2. The molecule has 1 aliphatic rings. The van der Waals surface area contributed by atoms with E-state index < -0.39 is 205 Å². The van der Waals surface area contributed by atoms with Gasteiger partial charge in [-0.1, -0.05) is 157 Å². The van der Waals surface area contributed by atoms with Gasteiger partial charge in [0.1, 0.15) is 0 Å². The third-order valence-corrected chi connectivity index (χ3v) is 8.13. The molecule has 0 bridgehead atoms. The van der Waals surface area contributed by atoms with Crippen LogP contribution in [0, 0.1) is 0 Å². The smallest absolute Gasteiger partial charge is 0.0635 e. The summed E-state index contributed by atoms with van der Waals surface area (Å²) in [6, 6.07) is -19.8. The Morgan fingerprint density at radius 1 is 0.349 bits per heavy atom. The summed E-state index contributed by atoms with van der Waals surface area (Å²) < 4.78 is 224. The van der Waals surface area contributed by atoms with E-state index in [-0.39, 0.29) is 32.3 Å². The zero-order valence-corrected chi connectivity index (χ0v) is 22.3. The van der Waals surface area contributed by atoms with Crippen molar-refractivity contribution in [3.8, 4) is 44.5 Å². The summed E-state index contributed by atoms with van der Waals surface area (Å²) >= 11 is 0.783. The monoisotopic (exact) mass is 587 g/mol. The Labute approximate surface area is 290 Å². The van der Waals surface area contributed by atoms with E-state index in [1.54, 1.807) is 0 Å². The summed E-state index contributed by atoms with van der Waals surface area (Å²) in [6.45, 7) is 0. The molecular weight excluding hydrogens is 537 g/mol. The zero-order valence-electron chi connectivity index (χ0n) is 46.5. The Kier molecular flexibility index (Phi) is 2.32. The van der Waals surface area contributed by atoms with Gasteiger partial charge >= 0.3 is 0 Å². The van der Waals surface area contributed by atoms with E-state index >= 15 is 0 Å². The van der Waals surface area contributed by atoms with E-state index in [0.29, 0.717) is 0 Å². The molecule has 0 fully saturated rings. The van der Waals surface area contributed by atoms with E-state index in [0.717, 1.165) is 11.8 Å². The topological polar surface area (TPSA) is 0 Å². The minimum absolute atomic E-state index is 0.0910. The molecule has 8 aromatic carbocycles. The fourth-order valence-corrected chi connectivity index (χ4v) is 6.29. The predicted molar refractivity (Wildman–Crippen MR) is 185 cm³/mol. The van der Waals surface area contributed by atoms with Crippen LogP contribution in [0.2, 0.25) is 0 Å². The van der Waals surface area contributed by atoms with Gasteiger partial charge in [0.2, 0.25) is 0 Å². The lowest BCUT2D eigenvalue weighted by Crippen LogP contribution is -1.95. The lowest BCUT2D eigenvalue weighted by atomic mass is 9.83. The zero-order chi connectivity index (χ0) is 50.1. The number of benzene rings is 8. The van der Waals surface area contributed by atoms with E-state index in [9.17, 15) is 15.1 Å². The second-order valence-electron chi connectivity index (χ2n) is 9.33. The lowest BCUT2D eigenvalue weighted by Gasteiger charge is -2.23. The molecule has 0 amide bonds. The van der Waals surface area contributed by atoms with E-state index in [1.807, 2.05) is 0 Å². The number of hydrogen-bond acceptors (Lipinski definition) is 1. The summed E-state index contributed by atoms with van der Waals surface area (Å²) in [6.07, 6.45) is 0. The molecule has 1 heteroatoms. The first-order valence-corrected chi connectivity index (χ1v) is 13.6. The van der Waals surface area contributed by atoms with Crippen molar-refractivity contribution in [1.82, 2.24) is 0 Å². The second kappa shape index (κ2) is 9.73. The van der Waals surface area contributed by atoms with Crippen LogP contribution in [0.4, 0.5) is 0 Å². The maximum Gasteiger partial charge on any atom is 0.0635 e. The van der Waals surface area contributed by atoms with E-state index in [1.165, 1.54) is 6.07 Å². The average molecular weight is 588 g/mol. The predicted octanol–water partition coefficient (Wildman–Crippen LogP) is 12.3. The van der Waals surface area contributed by atoms with Gasteiger partial charge in [0.15, 0.2) is 0 Å². The van der Waals surface area contributed by atoms with Crippen LogP contribution in [0.3, 0.4) is 0 Å². The van der Waals surface area contributed by atoms with Crippen LogP contribution in [0.1, 0.15) is 34.3 Å². The van der Waals surface area contributed by atoms with Crippen molar-refractivity contribution < 1.29 is 34.3 Å². The number of rotatable bonds is 3. The van der Waals surface area contributed by atoms with Crippen LogP contribution in [-0.2, 0) is 0 Å². The molecule has 0 N–H and O–H groups in total. The van der Waals surface area contributed by atoms with Gasteiger partial charge in [0.25, 0.3) is 0 Å². The van der Waals surface area contributed by atoms with Crippen molar-refractivity contribution in [2.24, 2.45) is 0 Å². The Bertz CT molecular complexity index is 3630. The molecule has 0 saturated heterocycles. The lowest BCUT2D eigenvalue weighted by molar-refractivity contribution is 1.40.